The van der Waals surface area contributed by atoms with Crippen molar-refractivity contribution >= 4 is 5.82 Å². The van der Waals surface area contributed by atoms with Crippen LogP contribution in [0.25, 0.3) is 0 Å². The van der Waals surface area contributed by atoms with E-state index in [0.29, 0.717) is 0 Å². The number of nitrogens with zero attached hydrogens (tertiary/aromatic N) is 3. The smallest absolute Gasteiger partial charge is 0.135 e. The maximum absolute atomic E-state index is 4.64. The van der Waals surface area contributed by atoms with Gasteiger partial charge in [0.05, 0.1) is 0 Å². The van der Waals surface area contributed by atoms with E-state index in [1.165, 1.54) is 18.4 Å². The molecular formula is C14H25N3. The summed E-state index contributed by atoms with van der Waals surface area (Å²) in [5.41, 5.74) is 2.43. The lowest BCUT2D eigenvalue weighted by molar-refractivity contribution is 0.714. The molecule has 1 heterocycles. The van der Waals surface area contributed by atoms with Gasteiger partial charge in [0.2, 0.25) is 0 Å². The highest BCUT2D eigenvalue weighted by atomic mass is 15.2. The fourth-order valence-electron chi connectivity index (χ4n) is 2.16. The molecule has 1 aromatic heterocycles. The van der Waals surface area contributed by atoms with Crippen molar-refractivity contribution in [2.24, 2.45) is 0 Å². The molecule has 0 saturated carbocycles. The predicted octanol–water partition coefficient (Wildman–Crippen LogP) is 3.28. The number of aromatic nitrogens is 2. The largest absolute Gasteiger partial charge is 0.357 e. The van der Waals surface area contributed by atoms with Gasteiger partial charge in [0.15, 0.2) is 0 Å². The van der Waals surface area contributed by atoms with Crippen molar-refractivity contribution in [3.8, 4) is 0 Å². The molecule has 3 nitrogen and oxygen atoms in total. The quantitative estimate of drug-likeness (QED) is 0.757. The first-order chi connectivity index (χ1) is 8.13. The molecule has 0 fully saturated rings. The SMILES string of the molecule is CCCCN(CC)c1nc(C)nc(C)c1CC. The van der Waals surface area contributed by atoms with Gasteiger partial charge in [-0.2, -0.15) is 0 Å². The molecule has 1 aromatic rings. The Balaban J connectivity index is 3.07. The fourth-order valence-corrected chi connectivity index (χ4v) is 2.16. The number of unbranched alkanes of at least 4 members (excludes halogenated alkanes) is 1. The van der Waals surface area contributed by atoms with Gasteiger partial charge in [0.25, 0.3) is 0 Å². The summed E-state index contributed by atoms with van der Waals surface area (Å²) in [6.45, 7) is 12.8. The second-order valence-electron chi connectivity index (χ2n) is 4.45. The van der Waals surface area contributed by atoms with Crippen LogP contribution in [-0.2, 0) is 6.42 Å². The fraction of sp³-hybridized carbons (Fsp3) is 0.714. The molecule has 0 saturated heterocycles. The average Bonchev–Trinajstić information content (AvgIpc) is 2.29. The lowest BCUT2D eigenvalue weighted by atomic mass is 10.1. The zero-order chi connectivity index (χ0) is 12.8. The van der Waals surface area contributed by atoms with Gasteiger partial charge in [0, 0.05) is 24.3 Å². The van der Waals surface area contributed by atoms with Crippen LogP contribution in [0.1, 0.15) is 50.7 Å². The molecule has 0 spiro atoms. The Hall–Kier alpha value is -1.12. The zero-order valence-electron chi connectivity index (χ0n) is 11.9. The highest BCUT2D eigenvalue weighted by Crippen LogP contribution is 2.21. The van der Waals surface area contributed by atoms with Gasteiger partial charge in [-0.1, -0.05) is 20.3 Å². The first-order valence-electron chi connectivity index (χ1n) is 6.73. The molecule has 0 radical (unpaired) electrons. The molecular weight excluding hydrogens is 210 g/mol. The summed E-state index contributed by atoms with van der Waals surface area (Å²) in [5.74, 6) is 2.03. The van der Waals surface area contributed by atoms with Crippen molar-refractivity contribution in [3.63, 3.8) is 0 Å². The Bertz CT molecular complexity index is 361. The van der Waals surface area contributed by atoms with Crippen LogP contribution in [-0.4, -0.2) is 23.1 Å². The van der Waals surface area contributed by atoms with E-state index in [4.69, 9.17) is 0 Å². The third-order valence-corrected chi connectivity index (χ3v) is 3.12. The Morgan fingerprint density at radius 1 is 1.06 bits per heavy atom. The predicted molar refractivity (Wildman–Crippen MR) is 73.7 cm³/mol. The number of aryl methyl sites for hydroxylation is 2. The molecule has 0 unspecified atom stereocenters. The van der Waals surface area contributed by atoms with Crippen LogP contribution >= 0.6 is 0 Å². The minimum Gasteiger partial charge on any atom is -0.357 e. The molecule has 0 aromatic carbocycles. The Labute approximate surface area is 105 Å². The minimum absolute atomic E-state index is 0.879. The summed E-state index contributed by atoms with van der Waals surface area (Å²) >= 11 is 0. The molecule has 3 heteroatoms. The molecule has 0 aliphatic heterocycles. The van der Waals surface area contributed by atoms with E-state index in [1.807, 2.05) is 6.92 Å². The second-order valence-corrected chi connectivity index (χ2v) is 4.45. The Morgan fingerprint density at radius 3 is 2.29 bits per heavy atom. The van der Waals surface area contributed by atoms with Crippen LogP contribution < -0.4 is 4.90 Å². The normalized spacial score (nSPS) is 10.6. The summed E-state index contributed by atoms with van der Waals surface area (Å²) in [4.78, 5) is 11.5. The van der Waals surface area contributed by atoms with Gasteiger partial charge in [-0.15, -0.1) is 0 Å². The molecule has 0 bridgehead atoms. The molecule has 0 amide bonds. The van der Waals surface area contributed by atoms with Gasteiger partial charge in [-0.25, -0.2) is 9.97 Å². The van der Waals surface area contributed by atoms with Crippen LogP contribution in [0.5, 0.6) is 0 Å². The third kappa shape index (κ3) is 3.42. The van der Waals surface area contributed by atoms with Crippen molar-refractivity contribution in [2.75, 3.05) is 18.0 Å². The number of hydrogen-bond acceptors (Lipinski definition) is 3. The highest BCUT2D eigenvalue weighted by Gasteiger charge is 2.13. The maximum Gasteiger partial charge on any atom is 0.135 e. The van der Waals surface area contributed by atoms with E-state index in [9.17, 15) is 0 Å². The zero-order valence-corrected chi connectivity index (χ0v) is 11.9. The number of anilines is 1. The molecule has 0 atom stereocenters. The minimum atomic E-state index is 0.879. The topological polar surface area (TPSA) is 29.0 Å². The summed E-state index contributed by atoms with van der Waals surface area (Å²) in [6.07, 6.45) is 3.45. The van der Waals surface area contributed by atoms with Crippen LogP contribution in [0.4, 0.5) is 5.82 Å². The third-order valence-electron chi connectivity index (χ3n) is 3.12. The summed E-state index contributed by atoms with van der Waals surface area (Å²) in [5, 5.41) is 0. The van der Waals surface area contributed by atoms with Gasteiger partial charge >= 0.3 is 0 Å². The molecule has 0 aliphatic carbocycles. The van der Waals surface area contributed by atoms with E-state index in [1.54, 1.807) is 0 Å². The van der Waals surface area contributed by atoms with E-state index >= 15 is 0 Å². The van der Waals surface area contributed by atoms with Crippen molar-refractivity contribution in [3.05, 3.63) is 17.1 Å². The van der Waals surface area contributed by atoms with Crippen LogP contribution in [0.2, 0.25) is 0 Å². The van der Waals surface area contributed by atoms with Crippen LogP contribution in [0, 0.1) is 13.8 Å². The highest BCUT2D eigenvalue weighted by molar-refractivity contribution is 5.49. The maximum atomic E-state index is 4.64. The molecule has 1 rings (SSSR count). The molecule has 96 valence electrons. The first-order valence-corrected chi connectivity index (χ1v) is 6.73. The number of rotatable bonds is 6. The Kier molecular flexibility index (Phi) is 5.39. The van der Waals surface area contributed by atoms with Gasteiger partial charge in [-0.3, -0.25) is 0 Å². The summed E-state index contributed by atoms with van der Waals surface area (Å²) in [6, 6.07) is 0. The average molecular weight is 235 g/mol. The van der Waals surface area contributed by atoms with Crippen molar-refractivity contribution in [2.45, 2.75) is 53.9 Å². The van der Waals surface area contributed by atoms with Gasteiger partial charge < -0.3 is 4.90 Å². The molecule has 17 heavy (non-hydrogen) atoms. The van der Waals surface area contributed by atoms with Crippen LogP contribution in [0.15, 0.2) is 0 Å². The molecule has 0 aliphatic rings. The first kappa shape index (κ1) is 13.9. The Morgan fingerprint density at radius 2 is 1.76 bits per heavy atom. The molecule has 0 N–H and O–H groups in total. The van der Waals surface area contributed by atoms with E-state index in [2.05, 4.69) is 42.6 Å². The van der Waals surface area contributed by atoms with E-state index in [0.717, 1.165) is 36.8 Å². The van der Waals surface area contributed by atoms with E-state index in [-0.39, 0.29) is 0 Å². The van der Waals surface area contributed by atoms with Gasteiger partial charge in [-0.05, 0) is 33.6 Å². The van der Waals surface area contributed by atoms with Gasteiger partial charge in [0.1, 0.15) is 11.6 Å². The van der Waals surface area contributed by atoms with Crippen molar-refractivity contribution in [1.82, 2.24) is 9.97 Å². The van der Waals surface area contributed by atoms with Crippen molar-refractivity contribution < 1.29 is 0 Å². The second kappa shape index (κ2) is 6.58. The summed E-state index contributed by atoms with van der Waals surface area (Å²) < 4.78 is 0. The van der Waals surface area contributed by atoms with E-state index < -0.39 is 0 Å². The lowest BCUT2D eigenvalue weighted by Gasteiger charge is -2.25. The monoisotopic (exact) mass is 235 g/mol. The van der Waals surface area contributed by atoms with Crippen LogP contribution in [0.3, 0.4) is 0 Å². The number of hydrogen-bond donors (Lipinski definition) is 0. The lowest BCUT2D eigenvalue weighted by Crippen LogP contribution is -2.27. The summed E-state index contributed by atoms with van der Waals surface area (Å²) in [7, 11) is 0. The van der Waals surface area contributed by atoms with Crippen molar-refractivity contribution in [1.29, 1.82) is 0 Å². The standard InChI is InChI=1S/C14H25N3/c1-6-9-10-17(8-3)14-13(7-2)11(4)15-12(5)16-14/h6-10H2,1-5H3.